The lowest BCUT2D eigenvalue weighted by molar-refractivity contribution is -0.154. The molecule has 7 nitrogen and oxygen atoms in total. The molecule has 8 heteroatoms. The normalized spacial score (nSPS) is 19.7. The van der Waals surface area contributed by atoms with Crippen molar-refractivity contribution in [3.05, 3.63) is 21.2 Å². The first-order valence-corrected chi connectivity index (χ1v) is 6.10. The number of rotatable bonds is 2. The van der Waals surface area contributed by atoms with E-state index >= 15 is 0 Å². The fourth-order valence-corrected chi connectivity index (χ4v) is 2.18. The van der Waals surface area contributed by atoms with Crippen molar-refractivity contribution in [2.75, 3.05) is 31.7 Å². The Labute approximate surface area is 111 Å². The molecule has 1 unspecified atom stereocenters. The van der Waals surface area contributed by atoms with Crippen molar-refractivity contribution >= 4 is 27.7 Å². The Bertz CT molecular complexity index is 504. The molecular formula is C10H12BrN3O4. The van der Waals surface area contributed by atoms with E-state index in [1.165, 1.54) is 13.4 Å². The van der Waals surface area contributed by atoms with Crippen LogP contribution in [0.4, 0.5) is 5.82 Å². The third kappa shape index (κ3) is 2.54. The Kier molecular flexibility index (Phi) is 3.97. The van der Waals surface area contributed by atoms with E-state index in [4.69, 9.17) is 4.74 Å². The average molecular weight is 318 g/mol. The predicted molar refractivity (Wildman–Crippen MR) is 66.5 cm³/mol. The second-order valence-electron chi connectivity index (χ2n) is 3.70. The van der Waals surface area contributed by atoms with E-state index < -0.39 is 12.1 Å². The summed E-state index contributed by atoms with van der Waals surface area (Å²) >= 11 is 3.18. The van der Waals surface area contributed by atoms with Crippen LogP contribution in [0.15, 0.2) is 15.6 Å². The van der Waals surface area contributed by atoms with Crippen LogP contribution in [0, 0.1) is 0 Å². The highest BCUT2D eigenvalue weighted by atomic mass is 79.9. The molecule has 0 bridgehead atoms. The summed E-state index contributed by atoms with van der Waals surface area (Å²) in [6, 6.07) is 0. The molecule has 0 radical (unpaired) electrons. The number of methoxy groups -OCH3 is 1. The second-order valence-corrected chi connectivity index (χ2v) is 4.49. The van der Waals surface area contributed by atoms with Gasteiger partial charge in [0.05, 0.1) is 26.6 Å². The summed E-state index contributed by atoms with van der Waals surface area (Å²) in [6.45, 7) is 1.24. The molecule has 1 aliphatic rings. The lowest BCUT2D eigenvalue weighted by Gasteiger charge is -2.32. The average Bonchev–Trinajstić information content (AvgIpc) is 2.41. The molecule has 1 N–H and O–H groups in total. The minimum atomic E-state index is -0.656. The van der Waals surface area contributed by atoms with E-state index in [-0.39, 0.29) is 5.56 Å². The van der Waals surface area contributed by atoms with Gasteiger partial charge in [0.2, 0.25) is 0 Å². The fourth-order valence-electron chi connectivity index (χ4n) is 1.71. The van der Waals surface area contributed by atoms with E-state index in [0.29, 0.717) is 30.0 Å². The number of anilines is 1. The highest BCUT2D eigenvalue weighted by Crippen LogP contribution is 2.21. The largest absolute Gasteiger partial charge is 0.467 e. The fraction of sp³-hybridized carbons (Fsp3) is 0.500. The number of aromatic nitrogens is 2. The zero-order valence-corrected chi connectivity index (χ0v) is 11.3. The van der Waals surface area contributed by atoms with Gasteiger partial charge in [0.1, 0.15) is 4.47 Å². The number of esters is 1. The van der Waals surface area contributed by atoms with Gasteiger partial charge < -0.3 is 19.4 Å². The Morgan fingerprint density at radius 2 is 2.50 bits per heavy atom. The standard InChI is InChI=1S/C10H12BrN3O4/c1-17-10(16)6-4-14(2-3-18-6)8-7(11)9(15)13-5-12-8/h5-6H,2-4H2,1H3,(H,12,13,15). The molecule has 2 heterocycles. The molecule has 1 aromatic heterocycles. The molecule has 0 spiro atoms. The molecular weight excluding hydrogens is 306 g/mol. The predicted octanol–water partition coefficient (Wildman–Crippen LogP) is -0.0894. The zero-order valence-electron chi connectivity index (χ0n) is 9.68. The zero-order chi connectivity index (χ0) is 13.1. The number of aromatic amines is 1. The van der Waals surface area contributed by atoms with Crippen molar-refractivity contribution in [1.29, 1.82) is 0 Å². The van der Waals surface area contributed by atoms with Gasteiger partial charge in [0.25, 0.3) is 5.56 Å². The first kappa shape index (κ1) is 13.0. The van der Waals surface area contributed by atoms with Gasteiger partial charge in [-0.1, -0.05) is 0 Å². The number of carbonyl (C=O) groups excluding carboxylic acids is 1. The first-order valence-electron chi connectivity index (χ1n) is 5.31. The number of ether oxygens (including phenoxy) is 2. The minimum Gasteiger partial charge on any atom is -0.467 e. The number of hydrogen-bond acceptors (Lipinski definition) is 6. The molecule has 1 aromatic rings. The summed E-state index contributed by atoms with van der Waals surface area (Å²) < 4.78 is 10.3. The van der Waals surface area contributed by atoms with Crippen LogP contribution >= 0.6 is 15.9 Å². The summed E-state index contributed by atoms with van der Waals surface area (Å²) in [5, 5.41) is 0. The highest BCUT2D eigenvalue weighted by molar-refractivity contribution is 9.10. The summed E-state index contributed by atoms with van der Waals surface area (Å²) in [6.07, 6.45) is 0.669. The van der Waals surface area contributed by atoms with Gasteiger partial charge in [-0.3, -0.25) is 4.79 Å². The molecule has 0 amide bonds. The highest BCUT2D eigenvalue weighted by Gasteiger charge is 2.29. The first-order chi connectivity index (χ1) is 8.63. The van der Waals surface area contributed by atoms with Crippen LogP contribution in [0.25, 0.3) is 0 Å². The van der Waals surface area contributed by atoms with Crippen LogP contribution in [0.1, 0.15) is 0 Å². The van der Waals surface area contributed by atoms with Crippen molar-refractivity contribution in [2.24, 2.45) is 0 Å². The van der Waals surface area contributed by atoms with Crippen molar-refractivity contribution in [2.45, 2.75) is 6.10 Å². The molecule has 0 aromatic carbocycles. The number of morpholine rings is 1. The van der Waals surface area contributed by atoms with Crippen LogP contribution in [0.3, 0.4) is 0 Å². The van der Waals surface area contributed by atoms with Crippen molar-refractivity contribution in [3.8, 4) is 0 Å². The summed E-state index contributed by atoms with van der Waals surface area (Å²) in [5.41, 5.74) is -0.263. The summed E-state index contributed by atoms with van der Waals surface area (Å²) in [5.74, 6) is 0.0663. The molecule has 1 saturated heterocycles. The van der Waals surface area contributed by atoms with Crippen molar-refractivity contribution < 1.29 is 14.3 Å². The quantitative estimate of drug-likeness (QED) is 0.767. The van der Waals surface area contributed by atoms with Crippen molar-refractivity contribution in [3.63, 3.8) is 0 Å². The van der Waals surface area contributed by atoms with Gasteiger partial charge >= 0.3 is 5.97 Å². The minimum absolute atomic E-state index is 0.263. The topological polar surface area (TPSA) is 84.5 Å². The number of H-pyrrole nitrogens is 1. The lowest BCUT2D eigenvalue weighted by Crippen LogP contribution is -2.47. The van der Waals surface area contributed by atoms with Gasteiger partial charge in [0.15, 0.2) is 11.9 Å². The maximum Gasteiger partial charge on any atom is 0.336 e. The van der Waals surface area contributed by atoms with Crippen LogP contribution in [-0.4, -0.2) is 48.8 Å². The molecule has 18 heavy (non-hydrogen) atoms. The maximum absolute atomic E-state index is 11.5. The summed E-state index contributed by atoms with van der Waals surface area (Å²) in [7, 11) is 1.31. The van der Waals surface area contributed by atoms with Crippen LogP contribution in [0.2, 0.25) is 0 Å². The molecule has 0 aliphatic carbocycles. The number of hydrogen-bond donors (Lipinski definition) is 1. The van der Waals surface area contributed by atoms with E-state index in [2.05, 4.69) is 30.6 Å². The van der Waals surface area contributed by atoms with Gasteiger partial charge in [0, 0.05) is 6.54 Å². The van der Waals surface area contributed by atoms with Crippen LogP contribution in [0.5, 0.6) is 0 Å². The number of carbonyl (C=O) groups is 1. The lowest BCUT2D eigenvalue weighted by atomic mass is 10.2. The van der Waals surface area contributed by atoms with Gasteiger partial charge in [-0.05, 0) is 15.9 Å². The van der Waals surface area contributed by atoms with Crippen molar-refractivity contribution in [1.82, 2.24) is 9.97 Å². The summed E-state index contributed by atoms with van der Waals surface area (Å²) in [4.78, 5) is 31.3. The molecule has 1 aliphatic heterocycles. The molecule has 0 saturated carbocycles. The van der Waals surface area contributed by atoms with Gasteiger partial charge in [-0.2, -0.15) is 0 Å². The molecule has 1 fully saturated rings. The Morgan fingerprint density at radius 1 is 1.72 bits per heavy atom. The van der Waals surface area contributed by atoms with E-state index in [1.54, 1.807) is 0 Å². The molecule has 98 valence electrons. The van der Waals surface area contributed by atoms with E-state index in [0.717, 1.165) is 0 Å². The number of nitrogens with zero attached hydrogens (tertiary/aromatic N) is 2. The Morgan fingerprint density at radius 3 is 3.22 bits per heavy atom. The Balaban J connectivity index is 2.21. The monoisotopic (exact) mass is 317 g/mol. The number of halogens is 1. The molecule has 1 atom stereocenters. The van der Waals surface area contributed by atoms with Crippen LogP contribution in [-0.2, 0) is 14.3 Å². The third-order valence-electron chi connectivity index (χ3n) is 2.61. The van der Waals surface area contributed by atoms with Crippen LogP contribution < -0.4 is 10.5 Å². The maximum atomic E-state index is 11.5. The third-order valence-corrected chi connectivity index (χ3v) is 3.32. The van der Waals surface area contributed by atoms with E-state index in [9.17, 15) is 9.59 Å². The smallest absolute Gasteiger partial charge is 0.336 e. The van der Waals surface area contributed by atoms with Gasteiger partial charge in [-0.15, -0.1) is 0 Å². The second kappa shape index (κ2) is 5.49. The molecule has 2 rings (SSSR count). The Hall–Kier alpha value is -1.41. The number of nitrogens with one attached hydrogen (secondary N) is 1. The SMILES string of the molecule is COC(=O)C1CN(c2nc[nH]c(=O)c2Br)CCO1. The van der Waals surface area contributed by atoms with E-state index in [1.807, 2.05) is 4.90 Å². The van der Waals surface area contributed by atoms with Gasteiger partial charge in [-0.25, -0.2) is 9.78 Å².